The number of hydrogen-bond acceptors (Lipinski definition) is 5. The van der Waals surface area contributed by atoms with Crippen LogP contribution in [0.5, 0.6) is 0 Å². The third kappa shape index (κ3) is 3.06. The Morgan fingerprint density at radius 1 is 1.56 bits per heavy atom. The van der Waals surface area contributed by atoms with Crippen LogP contribution in [0.25, 0.3) is 0 Å². The van der Waals surface area contributed by atoms with Crippen molar-refractivity contribution >= 4 is 11.8 Å². The lowest BCUT2D eigenvalue weighted by Crippen LogP contribution is -2.10. The van der Waals surface area contributed by atoms with Gasteiger partial charge in [0.15, 0.2) is 0 Å². The molecule has 1 fully saturated rings. The van der Waals surface area contributed by atoms with Gasteiger partial charge in [-0.05, 0) is 24.8 Å². The van der Waals surface area contributed by atoms with E-state index in [0.717, 1.165) is 32.0 Å². The molecule has 5 heteroatoms. The van der Waals surface area contributed by atoms with E-state index in [2.05, 4.69) is 20.6 Å². The lowest BCUT2D eigenvalue weighted by molar-refractivity contribution is 0.185. The second-order valence-electron chi connectivity index (χ2n) is 3.96. The second-order valence-corrected chi connectivity index (χ2v) is 3.96. The summed E-state index contributed by atoms with van der Waals surface area (Å²) in [6.45, 7) is 2.77. The van der Waals surface area contributed by atoms with E-state index in [1.165, 1.54) is 6.42 Å². The molecule has 5 nitrogen and oxygen atoms in total. The van der Waals surface area contributed by atoms with Crippen LogP contribution in [0.4, 0.5) is 11.8 Å². The molecule has 1 aliphatic heterocycles. The number of hydrogen-bond donors (Lipinski definition) is 2. The molecule has 2 rings (SSSR count). The largest absolute Gasteiger partial charge is 0.381 e. The highest BCUT2D eigenvalue weighted by Crippen LogP contribution is 2.16. The Balaban J connectivity index is 1.75. The first kappa shape index (κ1) is 11.1. The highest BCUT2D eigenvalue weighted by Gasteiger charge is 2.14. The van der Waals surface area contributed by atoms with E-state index in [1.54, 1.807) is 6.20 Å². The van der Waals surface area contributed by atoms with Gasteiger partial charge in [-0.25, -0.2) is 4.98 Å². The van der Waals surface area contributed by atoms with Crippen molar-refractivity contribution in [3.63, 3.8) is 0 Å². The van der Waals surface area contributed by atoms with Crippen LogP contribution in [0.1, 0.15) is 12.8 Å². The minimum atomic E-state index is 0.647. The van der Waals surface area contributed by atoms with Crippen LogP contribution in [0, 0.1) is 5.92 Å². The molecule has 88 valence electrons. The molecular formula is C11H18N4O. The standard InChI is InChI=1S/C11H18N4O/c1-12-11-14-6-3-10(15-11)13-5-2-9-4-7-16-8-9/h3,6,9H,2,4-5,7-8H2,1H3,(H2,12,13,14,15). The van der Waals surface area contributed by atoms with Crippen molar-refractivity contribution in [3.05, 3.63) is 12.3 Å². The number of ether oxygens (including phenoxy) is 1. The third-order valence-corrected chi connectivity index (χ3v) is 2.76. The van der Waals surface area contributed by atoms with Crippen molar-refractivity contribution in [1.82, 2.24) is 9.97 Å². The highest BCUT2D eigenvalue weighted by molar-refractivity contribution is 5.38. The lowest BCUT2D eigenvalue weighted by atomic mass is 10.1. The van der Waals surface area contributed by atoms with E-state index < -0.39 is 0 Å². The van der Waals surface area contributed by atoms with Crippen LogP contribution in [0.15, 0.2) is 12.3 Å². The zero-order chi connectivity index (χ0) is 11.2. The fraction of sp³-hybridized carbons (Fsp3) is 0.636. The van der Waals surface area contributed by atoms with E-state index in [9.17, 15) is 0 Å². The second kappa shape index (κ2) is 5.65. The number of nitrogens with one attached hydrogen (secondary N) is 2. The summed E-state index contributed by atoms with van der Waals surface area (Å²) >= 11 is 0. The van der Waals surface area contributed by atoms with E-state index in [4.69, 9.17) is 4.74 Å². The molecule has 0 saturated carbocycles. The molecule has 0 aliphatic carbocycles. The van der Waals surface area contributed by atoms with E-state index in [-0.39, 0.29) is 0 Å². The molecule has 2 heterocycles. The Morgan fingerprint density at radius 2 is 2.50 bits per heavy atom. The summed E-state index contributed by atoms with van der Waals surface area (Å²) in [6, 6.07) is 1.88. The molecule has 16 heavy (non-hydrogen) atoms. The fourth-order valence-electron chi connectivity index (χ4n) is 1.79. The molecule has 1 unspecified atom stereocenters. The molecule has 0 aromatic carbocycles. The molecule has 0 spiro atoms. The Morgan fingerprint density at radius 3 is 3.25 bits per heavy atom. The summed E-state index contributed by atoms with van der Waals surface area (Å²) in [5, 5.41) is 6.22. The van der Waals surface area contributed by atoms with E-state index >= 15 is 0 Å². The molecule has 1 atom stereocenters. The van der Waals surface area contributed by atoms with Crippen LogP contribution in [-0.4, -0.2) is 36.8 Å². The maximum atomic E-state index is 5.33. The van der Waals surface area contributed by atoms with Crippen LogP contribution in [0.3, 0.4) is 0 Å². The minimum absolute atomic E-state index is 0.647. The predicted octanol–water partition coefficient (Wildman–Crippen LogP) is 1.36. The third-order valence-electron chi connectivity index (χ3n) is 2.76. The smallest absolute Gasteiger partial charge is 0.224 e. The zero-order valence-corrected chi connectivity index (χ0v) is 9.57. The van der Waals surface area contributed by atoms with Crippen LogP contribution in [0.2, 0.25) is 0 Å². The summed E-state index contributed by atoms with van der Waals surface area (Å²) in [7, 11) is 1.81. The SMILES string of the molecule is CNc1nccc(NCCC2CCOC2)n1. The Bertz CT molecular complexity index is 326. The summed E-state index contributed by atoms with van der Waals surface area (Å²) in [4.78, 5) is 8.35. The zero-order valence-electron chi connectivity index (χ0n) is 9.57. The van der Waals surface area contributed by atoms with Crippen LogP contribution in [-0.2, 0) is 4.74 Å². The molecule has 1 aromatic rings. The van der Waals surface area contributed by atoms with Crippen molar-refractivity contribution in [2.75, 3.05) is 37.4 Å². The molecular weight excluding hydrogens is 204 g/mol. The van der Waals surface area contributed by atoms with Crippen molar-refractivity contribution in [2.24, 2.45) is 5.92 Å². The summed E-state index contributed by atoms with van der Waals surface area (Å²) < 4.78 is 5.33. The fourth-order valence-corrected chi connectivity index (χ4v) is 1.79. The Labute approximate surface area is 95.6 Å². The van der Waals surface area contributed by atoms with Crippen molar-refractivity contribution < 1.29 is 4.74 Å². The Kier molecular flexibility index (Phi) is 3.93. The first-order valence-electron chi connectivity index (χ1n) is 5.71. The minimum Gasteiger partial charge on any atom is -0.381 e. The van der Waals surface area contributed by atoms with Gasteiger partial charge in [0.1, 0.15) is 5.82 Å². The maximum absolute atomic E-state index is 5.33. The summed E-state index contributed by atoms with van der Waals surface area (Å²) in [5.41, 5.74) is 0. The van der Waals surface area contributed by atoms with Gasteiger partial charge in [0, 0.05) is 33.0 Å². The van der Waals surface area contributed by atoms with Gasteiger partial charge in [-0.1, -0.05) is 0 Å². The number of rotatable bonds is 5. The van der Waals surface area contributed by atoms with E-state index in [0.29, 0.717) is 11.9 Å². The molecule has 2 N–H and O–H groups in total. The highest BCUT2D eigenvalue weighted by atomic mass is 16.5. The molecule has 0 radical (unpaired) electrons. The maximum Gasteiger partial charge on any atom is 0.224 e. The number of aromatic nitrogens is 2. The van der Waals surface area contributed by atoms with Gasteiger partial charge < -0.3 is 15.4 Å². The van der Waals surface area contributed by atoms with Crippen molar-refractivity contribution in [1.29, 1.82) is 0 Å². The van der Waals surface area contributed by atoms with Crippen LogP contribution >= 0.6 is 0 Å². The normalized spacial score (nSPS) is 19.7. The van der Waals surface area contributed by atoms with Gasteiger partial charge in [0.05, 0.1) is 0 Å². The van der Waals surface area contributed by atoms with Gasteiger partial charge in [0.25, 0.3) is 0 Å². The van der Waals surface area contributed by atoms with Gasteiger partial charge >= 0.3 is 0 Å². The van der Waals surface area contributed by atoms with Crippen LogP contribution < -0.4 is 10.6 Å². The van der Waals surface area contributed by atoms with E-state index in [1.807, 2.05) is 13.1 Å². The lowest BCUT2D eigenvalue weighted by Gasteiger charge is -2.09. The first-order valence-corrected chi connectivity index (χ1v) is 5.71. The molecule has 1 aliphatic rings. The monoisotopic (exact) mass is 222 g/mol. The first-order chi connectivity index (χ1) is 7.88. The topological polar surface area (TPSA) is 59.1 Å². The van der Waals surface area contributed by atoms with Gasteiger partial charge in [0.2, 0.25) is 5.95 Å². The number of nitrogens with zero attached hydrogens (tertiary/aromatic N) is 2. The Hall–Kier alpha value is -1.36. The van der Waals surface area contributed by atoms with Gasteiger partial charge in [-0.15, -0.1) is 0 Å². The molecule has 0 bridgehead atoms. The number of anilines is 2. The average Bonchev–Trinajstić information content (AvgIpc) is 2.82. The van der Waals surface area contributed by atoms with Gasteiger partial charge in [-0.2, -0.15) is 4.98 Å². The van der Waals surface area contributed by atoms with Crippen molar-refractivity contribution in [3.8, 4) is 0 Å². The predicted molar refractivity (Wildman–Crippen MR) is 63.6 cm³/mol. The quantitative estimate of drug-likeness (QED) is 0.787. The summed E-state index contributed by atoms with van der Waals surface area (Å²) in [5.74, 6) is 2.23. The van der Waals surface area contributed by atoms with Crippen molar-refractivity contribution in [2.45, 2.75) is 12.8 Å². The molecule has 1 saturated heterocycles. The van der Waals surface area contributed by atoms with Gasteiger partial charge in [-0.3, -0.25) is 0 Å². The molecule has 1 aromatic heterocycles. The summed E-state index contributed by atoms with van der Waals surface area (Å²) in [6.07, 6.45) is 4.08. The molecule has 0 amide bonds. The average molecular weight is 222 g/mol.